The van der Waals surface area contributed by atoms with E-state index in [0.29, 0.717) is 17.8 Å². The van der Waals surface area contributed by atoms with Crippen molar-refractivity contribution in [2.45, 2.75) is 70.1 Å². The largest absolute Gasteiger partial charge is 0.577 e. The third kappa shape index (κ3) is 4.85. The second-order valence-corrected chi connectivity index (χ2v) is 8.37. The highest BCUT2D eigenvalue weighted by Gasteiger charge is 2.28. The average molecular weight is 398 g/mol. The number of nitrogens with two attached hydrogens (primary N) is 1. The third-order valence-electron chi connectivity index (χ3n) is 5.98. The number of fused-ring (bicyclic) bond motifs is 1. The van der Waals surface area contributed by atoms with Crippen LogP contribution >= 0.6 is 0 Å². The summed E-state index contributed by atoms with van der Waals surface area (Å²) in [6.07, 6.45) is 8.47. The number of piperidine rings is 1. The summed E-state index contributed by atoms with van der Waals surface area (Å²) in [7, 11) is 0. The summed E-state index contributed by atoms with van der Waals surface area (Å²) < 4.78 is 0. The molecule has 1 aromatic heterocycles. The van der Waals surface area contributed by atoms with Gasteiger partial charge in [-0.15, -0.1) is 0 Å². The second-order valence-electron chi connectivity index (χ2n) is 8.37. The van der Waals surface area contributed by atoms with E-state index in [2.05, 4.69) is 15.2 Å². The Hall–Kier alpha value is -2.25. The van der Waals surface area contributed by atoms with Gasteiger partial charge in [-0.2, -0.15) is 4.99 Å². The molecule has 1 atom stereocenters. The van der Waals surface area contributed by atoms with Gasteiger partial charge in [0.1, 0.15) is 6.17 Å². The Kier molecular flexibility index (Phi) is 6.25. The summed E-state index contributed by atoms with van der Waals surface area (Å²) in [4.78, 5) is 16.1. The average Bonchev–Trinajstić information content (AvgIpc) is 2.73. The summed E-state index contributed by atoms with van der Waals surface area (Å²) in [6, 6.07) is 9.07. The number of para-hydroxylation sites is 2. The molecular weight excluding hydrogens is 364 g/mol. The van der Waals surface area contributed by atoms with Crippen molar-refractivity contribution in [1.29, 1.82) is 0 Å². The number of anilines is 1. The van der Waals surface area contributed by atoms with E-state index in [4.69, 9.17) is 20.8 Å². The van der Waals surface area contributed by atoms with Crippen molar-refractivity contribution < 1.29 is 5.11 Å². The normalized spacial score (nSPS) is 20.9. The first-order valence-electron chi connectivity index (χ1n) is 10.9. The Labute approximate surface area is 172 Å². The highest BCUT2D eigenvalue weighted by atomic mass is 16.3. The molecule has 1 unspecified atom stereocenters. The minimum Gasteiger partial charge on any atom is -0.577 e. The molecule has 0 bridgehead atoms. The van der Waals surface area contributed by atoms with Crippen LogP contribution in [0.2, 0.25) is 0 Å². The molecule has 1 aliphatic heterocycles. The van der Waals surface area contributed by atoms with Crippen LogP contribution in [0.5, 0.6) is 0 Å². The first-order chi connectivity index (χ1) is 14.1. The minimum absolute atomic E-state index is 0.107. The van der Waals surface area contributed by atoms with Crippen molar-refractivity contribution in [2.24, 2.45) is 10.7 Å². The fourth-order valence-electron chi connectivity index (χ4n) is 4.50. The molecule has 2 aliphatic rings. The van der Waals surface area contributed by atoms with Crippen LogP contribution in [0.1, 0.15) is 57.6 Å². The van der Waals surface area contributed by atoms with E-state index in [1.807, 2.05) is 24.3 Å². The van der Waals surface area contributed by atoms with Crippen LogP contribution in [-0.4, -0.2) is 52.3 Å². The molecule has 0 radical (unpaired) electrons. The lowest BCUT2D eigenvalue weighted by atomic mass is 9.93. The monoisotopic (exact) mass is 397 g/mol. The Morgan fingerprint density at radius 1 is 1.07 bits per heavy atom. The Balaban J connectivity index is 1.53. The molecule has 0 spiro atoms. The Bertz CT molecular complexity index is 854. The van der Waals surface area contributed by atoms with Crippen molar-refractivity contribution in [1.82, 2.24) is 15.3 Å². The summed E-state index contributed by atoms with van der Waals surface area (Å²) in [6.45, 7) is 3.59. The second kappa shape index (κ2) is 9.05. The van der Waals surface area contributed by atoms with E-state index in [-0.39, 0.29) is 5.90 Å². The number of nitrogens with one attached hydrogen (secondary N) is 1. The summed E-state index contributed by atoms with van der Waals surface area (Å²) in [5, 5.41) is 12.3. The van der Waals surface area contributed by atoms with Crippen LogP contribution in [0, 0.1) is 0 Å². The van der Waals surface area contributed by atoms with Crippen molar-refractivity contribution in [2.75, 3.05) is 18.0 Å². The zero-order chi connectivity index (χ0) is 20.2. The van der Waals surface area contributed by atoms with Gasteiger partial charge in [-0.25, -0.2) is 9.97 Å². The van der Waals surface area contributed by atoms with Crippen LogP contribution in [0.15, 0.2) is 29.3 Å². The lowest BCUT2D eigenvalue weighted by Gasteiger charge is -2.36. The molecule has 7 heteroatoms. The number of hydrogen-bond acceptors (Lipinski definition) is 6. The van der Waals surface area contributed by atoms with Gasteiger partial charge in [0, 0.05) is 25.2 Å². The number of rotatable bonds is 5. The smallest absolute Gasteiger partial charge is 0.384 e. The van der Waals surface area contributed by atoms with Gasteiger partial charge in [-0.05, 0) is 44.7 Å². The van der Waals surface area contributed by atoms with Gasteiger partial charge in [0.25, 0.3) is 0 Å². The summed E-state index contributed by atoms with van der Waals surface area (Å²) in [5.74, 6) is 0.866. The molecule has 7 nitrogen and oxygen atoms in total. The molecule has 1 saturated carbocycles. The number of aliphatic imine (C=N–C) groups is 1. The maximum Gasteiger partial charge on any atom is 0.384 e. The lowest BCUT2D eigenvalue weighted by Crippen LogP contribution is -2.47. The lowest BCUT2D eigenvalue weighted by molar-refractivity contribution is 0.307. The number of benzene rings is 1. The summed E-state index contributed by atoms with van der Waals surface area (Å²) >= 11 is 0. The van der Waals surface area contributed by atoms with Crippen LogP contribution in [0.25, 0.3) is 11.0 Å². The highest BCUT2D eigenvalue weighted by molar-refractivity contribution is 5.97. The predicted molar refractivity (Wildman–Crippen MR) is 119 cm³/mol. The maximum atomic E-state index is 8.42. The van der Waals surface area contributed by atoms with Gasteiger partial charge in [-0.1, -0.05) is 31.4 Å². The molecule has 5 N–H and O–H groups in total. The molecule has 156 valence electrons. The van der Waals surface area contributed by atoms with Crippen molar-refractivity contribution in [3.8, 4) is 0 Å². The molecule has 2 aromatic rings. The van der Waals surface area contributed by atoms with Gasteiger partial charge < -0.3 is 21.1 Å². The van der Waals surface area contributed by atoms with Crippen LogP contribution < -0.4 is 16.0 Å². The third-order valence-corrected chi connectivity index (χ3v) is 5.98. The SMILES string of the molecule is CC(N)/N=C(\[OH2+])c1nc2ccccc2nc1N1CCC(NC2CCCCC2)CC1. The quantitative estimate of drug-likeness (QED) is 0.458. The van der Waals surface area contributed by atoms with Crippen LogP contribution in [-0.2, 0) is 0 Å². The van der Waals surface area contributed by atoms with Crippen LogP contribution in [0.3, 0.4) is 0 Å². The van der Waals surface area contributed by atoms with Crippen molar-refractivity contribution in [3.63, 3.8) is 0 Å². The first-order valence-corrected chi connectivity index (χ1v) is 10.9. The number of hydrogen-bond donors (Lipinski definition) is 2. The van der Waals surface area contributed by atoms with Gasteiger partial charge in [0.15, 0.2) is 5.82 Å². The van der Waals surface area contributed by atoms with Gasteiger partial charge in [0.05, 0.1) is 11.0 Å². The van der Waals surface area contributed by atoms with E-state index in [1.165, 1.54) is 32.1 Å². The molecule has 1 aliphatic carbocycles. The standard InChI is InChI=1S/C22H32N6O/c1-15(23)24-22(29)20-21(27-19-10-6-5-9-18(19)26-20)28-13-11-17(12-14-28)25-16-7-3-2-4-8-16/h5-6,9-10,15-17,25H,2-4,7-8,11-14,23H2,1H3,(H,24,29)/p+1. The fraction of sp³-hybridized carbons (Fsp3) is 0.591. The molecule has 2 heterocycles. The van der Waals surface area contributed by atoms with E-state index in [0.717, 1.165) is 42.8 Å². The number of aromatic nitrogens is 2. The van der Waals surface area contributed by atoms with Crippen molar-refractivity contribution in [3.05, 3.63) is 30.0 Å². The zero-order valence-electron chi connectivity index (χ0n) is 17.3. The topological polar surface area (TPSA) is 102 Å². The van der Waals surface area contributed by atoms with Crippen LogP contribution in [0.4, 0.5) is 5.82 Å². The van der Waals surface area contributed by atoms with Gasteiger partial charge >= 0.3 is 5.90 Å². The molecule has 4 rings (SSSR count). The molecular formula is C22H33N6O+. The molecule has 1 aromatic carbocycles. The van der Waals surface area contributed by atoms with E-state index >= 15 is 0 Å². The number of nitrogens with zero attached hydrogens (tertiary/aromatic N) is 4. The Morgan fingerprint density at radius 3 is 2.34 bits per heavy atom. The highest BCUT2D eigenvalue weighted by Crippen LogP contribution is 2.26. The molecule has 2 fully saturated rings. The zero-order valence-corrected chi connectivity index (χ0v) is 17.3. The van der Waals surface area contributed by atoms with Gasteiger partial charge in [0.2, 0.25) is 5.69 Å². The summed E-state index contributed by atoms with van der Waals surface area (Å²) in [5.41, 5.74) is 7.96. The van der Waals surface area contributed by atoms with E-state index in [9.17, 15) is 0 Å². The molecule has 1 saturated heterocycles. The molecule has 0 amide bonds. The fourth-order valence-corrected chi connectivity index (χ4v) is 4.50. The Morgan fingerprint density at radius 2 is 1.69 bits per heavy atom. The first kappa shape index (κ1) is 20.0. The van der Waals surface area contributed by atoms with Gasteiger partial charge in [-0.3, -0.25) is 0 Å². The molecule has 29 heavy (non-hydrogen) atoms. The van der Waals surface area contributed by atoms with Crippen molar-refractivity contribution >= 4 is 22.7 Å². The van der Waals surface area contributed by atoms with E-state index < -0.39 is 6.17 Å². The van der Waals surface area contributed by atoms with E-state index in [1.54, 1.807) is 6.92 Å². The minimum atomic E-state index is -0.436. The maximum absolute atomic E-state index is 8.42. The predicted octanol–water partition coefficient (Wildman–Crippen LogP) is 2.30.